The van der Waals surface area contributed by atoms with E-state index in [1.165, 1.54) is 12.8 Å². The lowest BCUT2D eigenvalue weighted by atomic mass is 10.2. The van der Waals surface area contributed by atoms with E-state index in [9.17, 15) is 4.79 Å². The van der Waals surface area contributed by atoms with E-state index in [1.807, 2.05) is 54.6 Å². The van der Waals surface area contributed by atoms with Crippen LogP contribution < -0.4 is 20.7 Å². The van der Waals surface area contributed by atoms with Crippen molar-refractivity contribution in [3.8, 4) is 5.75 Å². The normalized spacial score (nSPS) is 11.0. The van der Waals surface area contributed by atoms with Gasteiger partial charge in [0, 0.05) is 17.9 Å². The van der Waals surface area contributed by atoms with Crippen molar-refractivity contribution in [2.45, 2.75) is 32.6 Å². The summed E-state index contributed by atoms with van der Waals surface area (Å²) in [6.45, 7) is 2.83. The topological polar surface area (TPSA) is 74.8 Å². The molecule has 0 unspecified atom stereocenters. The number of para-hydroxylation sites is 1. The Morgan fingerprint density at radius 2 is 1.63 bits per heavy atom. The molecule has 0 atom stereocenters. The molecule has 2 aromatic rings. The highest BCUT2D eigenvalue weighted by molar-refractivity contribution is 6.07. The Hall–Kier alpha value is -3.02. The van der Waals surface area contributed by atoms with Gasteiger partial charge in [0.1, 0.15) is 5.75 Å². The smallest absolute Gasteiger partial charge is 0.325 e. The van der Waals surface area contributed by atoms with Gasteiger partial charge in [0.2, 0.25) is 5.96 Å². The average molecular weight is 368 g/mol. The van der Waals surface area contributed by atoms with Crippen molar-refractivity contribution >= 4 is 23.4 Å². The number of guanidine groups is 1. The third kappa shape index (κ3) is 7.81. The van der Waals surface area contributed by atoms with Crippen LogP contribution >= 0.6 is 0 Å². The average Bonchev–Trinajstić information content (AvgIpc) is 2.69. The Morgan fingerprint density at radius 3 is 2.30 bits per heavy atom. The number of hydrogen-bond donors (Lipinski definition) is 3. The van der Waals surface area contributed by atoms with Crippen LogP contribution in [-0.2, 0) is 0 Å². The van der Waals surface area contributed by atoms with Crippen LogP contribution in [0.1, 0.15) is 32.6 Å². The maximum atomic E-state index is 12.3. The molecule has 6 nitrogen and oxygen atoms in total. The summed E-state index contributed by atoms with van der Waals surface area (Å²) in [6, 6.07) is 16.4. The molecule has 0 aliphatic carbocycles. The molecule has 0 bridgehead atoms. The van der Waals surface area contributed by atoms with Crippen LogP contribution in [-0.4, -0.2) is 25.6 Å². The number of ether oxygens (including phenoxy) is 1. The predicted octanol–water partition coefficient (Wildman–Crippen LogP) is 4.87. The van der Waals surface area contributed by atoms with Crippen molar-refractivity contribution in [2.24, 2.45) is 4.99 Å². The number of amides is 2. The Morgan fingerprint density at radius 1 is 0.926 bits per heavy atom. The molecular weight excluding hydrogens is 340 g/mol. The minimum Gasteiger partial charge on any atom is -0.497 e. The first kappa shape index (κ1) is 20.3. The molecule has 0 aromatic heterocycles. The Labute approximate surface area is 161 Å². The maximum absolute atomic E-state index is 12.3. The van der Waals surface area contributed by atoms with Gasteiger partial charge >= 0.3 is 6.03 Å². The van der Waals surface area contributed by atoms with E-state index >= 15 is 0 Å². The van der Waals surface area contributed by atoms with Gasteiger partial charge in [0.15, 0.2) is 0 Å². The summed E-state index contributed by atoms with van der Waals surface area (Å²) in [5.74, 6) is 1.19. The Balaban J connectivity index is 1.98. The second kappa shape index (κ2) is 11.6. The molecule has 2 rings (SSSR count). The van der Waals surface area contributed by atoms with Crippen molar-refractivity contribution in [2.75, 3.05) is 24.3 Å². The fourth-order valence-electron chi connectivity index (χ4n) is 2.44. The number of methoxy groups -OCH3 is 1. The summed E-state index contributed by atoms with van der Waals surface area (Å²) < 4.78 is 5.17. The SMILES string of the molecule is CCCCCCN=C(NC(=O)Nc1ccccc1)Nc1ccc(OC)cc1. The van der Waals surface area contributed by atoms with E-state index in [2.05, 4.69) is 27.9 Å². The van der Waals surface area contributed by atoms with Crippen molar-refractivity contribution in [1.29, 1.82) is 0 Å². The van der Waals surface area contributed by atoms with Gasteiger partial charge in [-0.05, 0) is 42.8 Å². The van der Waals surface area contributed by atoms with Crippen LogP contribution in [0.5, 0.6) is 5.75 Å². The van der Waals surface area contributed by atoms with Gasteiger partial charge in [-0.3, -0.25) is 10.3 Å². The van der Waals surface area contributed by atoms with Crippen LogP contribution in [0.3, 0.4) is 0 Å². The van der Waals surface area contributed by atoms with Gasteiger partial charge < -0.3 is 15.4 Å². The summed E-state index contributed by atoms with van der Waals surface area (Å²) >= 11 is 0. The van der Waals surface area contributed by atoms with E-state index in [0.29, 0.717) is 12.5 Å². The number of aliphatic imine (C=N–C) groups is 1. The van der Waals surface area contributed by atoms with Gasteiger partial charge in [-0.1, -0.05) is 44.4 Å². The largest absolute Gasteiger partial charge is 0.497 e. The standard InChI is InChI=1S/C21H28N4O2/c1-3-4-5-9-16-22-20(23-18-12-14-19(27-2)15-13-18)25-21(26)24-17-10-7-6-8-11-17/h6-8,10-15H,3-5,9,16H2,1-2H3,(H3,22,23,24,25,26). The van der Waals surface area contributed by atoms with Crippen LogP contribution in [0.4, 0.5) is 16.2 Å². The lowest BCUT2D eigenvalue weighted by molar-refractivity contribution is 0.256. The lowest BCUT2D eigenvalue weighted by Gasteiger charge is -2.13. The third-order valence-corrected chi connectivity index (χ3v) is 3.90. The molecule has 3 N–H and O–H groups in total. The fraction of sp³-hybridized carbons (Fsp3) is 0.333. The quantitative estimate of drug-likeness (QED) is 0.354. The van der Waals surface area contributed by atoms with Crippen LogP contribution in [0.15, 0.2) is 59.6 Å². The summed E-state index contributed by atoms with van der Waals surface area (Å²) in [4.78, 5) is 16.8. The monoisotopic (exact) mass is 368 g/mol. The van der Waals surface area contributed by atoms with E-state index < -0.39 is 0 Å². The maximum Gasteiger partial charge on any atom is 0.325 e. The number of benzene rings is 2. The number of carbonyl (C=O) groups is 1. The van der Waals surface area contributed by atoms with Gasteiger partial charge in [-0.2, -0.15) is 0 Å². The second-order valence-corrected chi connectivity index (χ2v) is 6.09. The number of unbranched alkanes of at least 4 members (excludes halogenated alkanes) is 3. The molecule has 0 saturated carbocycles. The molecule has 0 radical (unpaired) electrons. The number of anilines is 2. The first-order chi connectivity index (χ1) is 13.2. The van der Waals surface area contributed by atoms with Crippen LogP contribution in [0, 0.1) is 0 Å². The van der Waals surface area contributed by atoms with E-state index in [4.69, 9.17) is 4.74 Å². The molecule has 0 aliphatic rings. The van der Waals surface area contributed by atoms with Gasteiger partial charge in [0.25, 0.3) is 0 Å². The number of nitrogens with one attached hydrogen (secondary N) is 3. The number of urea groups is 1. The minimum atomic E-state index is -0.338. The zero-order chi connectivity index (χ0) is 19.3. The summed E-state index contributed by atoms with van der Waals surface area (Å²) in [5.41, 5.74) is 1.55. The highest BCUT2D eigenvalue weighted by Gasteiger charge is 2.07. The molecule has 0 heterocycles. The lowest BCUT2D eigenvalue weighted by Crippen LogP contribution is -2.39. The van der Waals surface area contributed by atoms with Gasteiger partial charge in [-0.15, -0.1) is 0 Å². The van der Waals surface area contributed by atoms with Crippen molar-refractivity contribution in [3.05, 3.63) is 54.6 Å². The Kier molecular flexibility index (Phi) is 8.69. The summed E-state index contributed by atoms with van der Waals surface area (Å²) in [7, 11) is 1.63. The molecule has 2 amide bonds. The molecular formula is C21H28N4O2. The highest BCUT2D eigenvalue weighted by atomic mass is 16.5. The molecule has 0 aliphatic heterocycles. The molecule has 144 valence electrons. The zero-order valence-electron chi connectivity index (χ0n) is 16.0. The Bertz CT molecular complexity index is 715. The van der Waals surface area contributed by atoms with E-state index in [1.54, 1.807) is 7.11 Å². The summed E-state index contributed by atoms with van der Waals surface area (Å²) in [6.07, 6.45) is 4.49. The zero-order valence-corrected chi connectivity index (χ0v) is 16.0. The molecule has 0 spiro atoms. The minimum absolute atomic E-state index is 0.338. The first-order valence-corrected chi connectivity index (χ1v) is 9.30. The number of rotatable bonds is 8. The third-order valence-electron chi connectivity index (χ3n) is 3.90. The summed E-state index contributed by atoms with van der Waals surface area (Å²) in [5, 5.41) is 8.75. The van der Waals surface area contributed by atoms with Crippen LogP contribution in [0.25, 0.3) is 0 Å². The van der Waals surface area contributed by atoms with E-state index in [0.717, 1.165) is 30.0 Å². The van der Waals surface area contributed by atoms with Crippen molar-refractivity contribution in [1.82, 2.24) is 5.32 Å². The molecule has 0 saturated heterocycles. The molecule has 6 heteroatoms. The van der Waals surface area contributed by atoms with Gasteiger partial charge in [0.05, 0.1) is 7.11 Å². The number of nitrogens with zero attached hydrogens (tertiary/aromatic N) is 1. The van der Waals surface area contributed by atoms with Crippen molar-refractivity contribution in [3.63, 3.8) is 0 Å². The fourth-order valence-corrected chi connectivity index (χ4v) is 2.44. The first-order valence-electron chi connectivity index (χ1n) is 9.30. The van der Waals surface area contributed by atoms with Crippen molar-refractivity contribution < 1.29 is 9.53 Å². The van der Waals surface area contributed by atoms with Crippen LogP contribution in [0.2, 0.25) is 0 Å². The van der Waals surface area contributed by atoms with Gasteiger partial charge in [-0.25, -0.2) is 4.79 Å². The molecule has 27 heavy (non-hydrogen) atoms. The van der Waals surface area contributed by atoms with E-state index in [-0.39, 0.29) is 6.03 Å². The molecule has 2 aromatic carbocycles. The predicted molar refractivity (Wildman–Crippen MR) is 112 cm³/mol. The highest BCUT2D eigenvalue weighted by Crippen LogP contribution is 2.15. The number of carbonyl (C=O) groups excluding carboxylic acids is 1. The number of hydrogen-bond acceptors (Lipinski definition) is 3. The second-order valence-electron chi connectivity index (χ2n) is 6.09. The molecule has 0 fully saturated rings.